The molecule has 0 aliphatic heterocycles. The molecule has 2 aromatic heterocycles. The molecule has 0 aliphatic rings. The van der Waals surface area contributed by atoms with Crippen LogP contribution in [0.5, 0.6) is 0 Å². The number of fused-ring (bicyclic) bond motifs is 3. The highest BCUT2D eigenvalue weighted by Crippen LogP contribution is 2.40. The highest BCUT2D eigenvalue weighted by Gasteiger charge is 2.18. The predicted octanol–water partition coefficient (Wildman–Crippen LogP) is 10.4. The summed E-state index contributed by atoms with van der Waals surface area (Å²) in [5.74, 6) is 1.80. The van der Waals surface area contributed by atoms with Crippen molar-refractivity contribution in [3.8, 4) is 39.3 Å². The van der Waals surface area contributed by atoms with E-state index in [0.29, 0.717) is 28.7 Å². The number of aryl methyl sites for hydroxylation is 6. The molecule has 45 heavy (non-hydrogen) atoms. The van der Waals surface area contributed by atoms with E-state index in [1.54, 1.807) is 0 Å². The molecule has 0 spiro atoms. The van der Waals surface area contributed by atoms with Crippen LogP contribution < -0.4 is 0 Å². The van der Waals surface area contributed by atoms with Crippen LogP contribution in [-0.2, 0) is 0 Å². The summed E-state index contributed by atoms with van der Waals surface area (Å²) in [4.78, 5) is 17.4. The van der Waals surface area contributed by atoms with E-state index in [4.69, 9.17) is 6.57 Å². The molecule has 218 valence electrons. The molecule has 7 rings (SSSR count). The first-order chi connectivity index (χ1) is 21.7. The van der Waals surface area contributed by atoms with Crippen molar-refractivity contribution >= 4 is 27.5 Å². The first-order valence-electron chi connectivity index (χ1n) is 15.1. The third-order valence-electron chi connectivity index (χ3n) is 8.61. The standard InChI is InChI=1S/C40H33N5/c1-23-8-13-32(25(3)18-23)29-10-15-34-35-16-11-30(33-14-9-24(2)19-26(33)4)21-39(35)45(38(34)20-29)31-12-17-36(37(22-31)41-7)40-43-27(5)42-28(6)44-40/h8-22H,1-6H3. The van der Waals surface area contributed by atoms with Gasteiger partial charge in [0.1, 0.15) is 11.6 Å². The van der Waals surface area contributed by atoms with Crippen molar-refractivity contribution in [2.75, 3.05) is 0 Å². The van der Waals surface area contributed by atoms with Crippen LogP contribution in [0.15, 0.2) is 91.0 Å². The minimum atomic E-state index is 0.503. The van der Waals surface area contributed by atoms with Gasteiger partial charge in [-0.3, -0.25) is 0 Å². The SMILES string of the molecule is [C-]#[N+]c1cc(-n2c3cc(-c4ccc(C)cc4C)ccc3c3ccc(-c4ccc(C)cc4C)cc32)ccc1-c1nc(C)nc(C)n1. The Morgan fingerprint density at radius 2 is 1.04 bits per heavy atom. The lowest BCUT2D eigenvalue weighted by molar-refractivity contribution is 0.929. The van der Waals surface area contributed by atoms with Gasteiger partial charge in [0, 0.05) is 22.0 Å². The van der Waals surface area contributed by atoms with Crippen LogP contribution in [0.1, 0.15) is 33.9 Å². The molecule has 0 amide bonds. The normalized spacial score (nSPS) is 11.3. The van der Waals surface area contributed by atoms with Crippen molar-refractivity contribution in [1.29, 1.82) is 0 Å². The average molecular weight is 584 g/mol. The fourth-order valence-corrected chi connectivity index (χ4v) is 6.58. The van der Waals surface area contributed by atoms with Crippen molar-refractivity contribution in [2.45, 2.75) is 41.5 Å². The highest BCUT2D eigenvalue weighted by atomic mass is 15.0. The minimum absolute atomic E-state index is 0.503. The zero-order valence-corrected chi connectivity index (χ0v) is 26.4. The summed E-state index contributed by atoms with van der Waals surface area (Å²) in [7, 11) is 0. The third-order valence-corrected chi connectivity index (χ3v) is 8.61. The van der Waals surface area contributed by atoms with Gasteiger partial charge >= 0.3 is 0 Å². The second kappa shape index (κ2) is 10.8. The van der Waals surface area contributed by atoms with E-state index in [-0.39, 0.29) is 0 Å². The lowest BCUT2D eigenvalue weighted by atomic mass is 9.96. The number of rotatable bonds is 4. The Morgan fingerprint density at radius 3 is 1.53 bits per heavy atom. The number of aromatic nitrogens is 4. The summed E-state index contributed by atoms with van der Waals surface area (Å²) in [5.41, 5.74) is 14.1. The zero-order valence-electron chi connectivity index (χ0n) is 26.4. The molecule has 0 saturated carbocycles. The van der Waals surface area contributed by atoms with Crippen LogP contribution in [0.25, 0.3) is 66.0 Å². The van der Waals surface area contributed by atoms with Crippen LogP contribution in [0.3, 0.4) is 0 Å². The highest BCUT2D eigenvalue weighted by molar-refractivity contribution is 6.11. The second-order valence-corrected chi connectivity index (χ2v) is 12.0. The summed E-state index contributed by atoms with van der Waals surface area (Å²) in [6.45, 7) is 20.4. The van der Waals surface area contributed by atoms with Crippen molar-refractivity contribution in [2.24, 2.45) is 0 Å². The zero-order chi connectivity index (χ0) is 31.4. The van der Waals surface area contributed by atoms with E-state index < -0.39 is 0 Å². The van der Waals surface area contributed by atoms with Crippen LogP contribution in [0.4, 0.5) is 5.69 Å². The summed E-state index contributed by atoms with van der Waals surface area (Å²) in [5, 5.41) is 2.34. The number of nitrogens with zero attached hydrogens (tertiary/aromatic N) is 5. The van der Waals surface area contributed by atoms with Crippen molar-refractivity contribution in [3.63, 3.8) is 0 Å². The molecule has 5 nitrogen and oxygen atoms in total. The Labute approximate surface area is 263 Å². The fourth-order valence-electron chi connectivity index (χ4n) is 6.58. The maximum absolute atomic E-state index is 8.11. The van der Waals surface area contributed by atoms with Crippen LogP contribution in [0, 0.1) is 48.1 Å². The summed E-state index contributed by atoms with van der Waals surface area (Å²) >= 11 is 0. The lowest BCUT2D eigenvalue weighted by Gasteiger charge is -2.13. The molecule has 0 saturated heterocycles. The first kappa shape index (κ1) is 28.2. The van der Waals surface area contributed by atoms with Crippen LogP contribution in [-0.4, -0.2) is 19.5 Å². The van der Waals surface area contributed by atoms with Crippen molar-refractivity contribution in [3.05, 3.63) is 136 Å². The Kier molecular flexibility index (Phi) is 6.79. The molecule has 0 unspecified atom stereocenters. The van der Waals surface area contributed by atoms with Gasteiger partial charge in [0.05, 0.1) is 17.6 Å². The molecule has 2 heterocycles. The lowest BCUT2D eigenvalue weighted by Crippen LogP contribution is -2.00. The van der Waals surface area contributed by atoms with Gasteiger partial charge in [-0.05, 0) is 99.2 Å². The molecule has 0 aliphatic carbocycles. The largest absolute Gasteiger partial charge is 0.310 e. The molecule has 0 bridgehead atoms. The molecule has 5 heteroatoms. The van der Waals surface area contributed by atoms with E-state index >= 15 is 0 Å². The summed E-state index contributed by atoms with van der Waals surface area (Å²) in [6.07, 6.45) is 0. The molecule has 0 radical (unpaired) electrons. The van der Waals surface area contributed by atoms with Gasteiger partial charge in [0.2, 0.25) is 0 Å². The van der Waals surface area contributed by atoms with Gasteiger partial charge in [-0.15, -0.1) is 0 Å². The molecule has 7 aromatic rings. The molecule has 0 atom stereocenters. The number of hydrogen-bond donors (Lipinski definition) is 0. The molecule has 5 aromatic carbocycles. The van der Waals surface area contributed by atoms with E-state index in [9.17, 15) is 0 Å². The Bertz CT molecular complexity index is 2220. The van der Waals surface area contributed by atoms with Gasteiger partial charge in [0.15, 0.2) is 11.5 Å². The number of hydrogen-bond acceptors (Lipinski definition) is 3. The van der Waals surface area contributed by atoms with E-state index in [1.807, 2.05) is 26.0 Å². The summed E-state index contributed by atoms with van der Waals surface area (Å²) in [6, 6.07) is 32.7. The maximum atomic E-state index is 8.11. The topological polar surface area (TPSA) is 48.0 Å². The second-order valence-electron chi connectivity index (χ2n) is 12.0. The van der Waals surface area contributed by atoms with E-state index in [2.05, 4.69) is 131 Å². The van der Waals surface area contributed by atoms with Gasteiger partial charge in [0.25, 0.3) is 0 Å². The molecule has 0 N–H and O–H groups in total. The summed E-state index contributed by atoms with van der Waals surface area (Å²) < 4.78 is 2.30. The van der Waals surface area contributed by atoms with Gasteiger partial charge in [-0.1, -0.05) is 77.9 Å². The molecular weight excluding hydrogens is 550 g/mol. The van der Waals surface area contributed by atoms with E-state index in [0.717, 1.165) is 27.8 Å². The Morgan fingerprint density at radius 1 is 0.533 bits per heavy atom. The Balaban J connectivity index is 1.51. The Hall–Kier alpha value is -5.60. The maximum Gasteiger partial charge on any atom is 0.200 e. The van der Waals surface area contributed by atoms with E-state index in [1.165, 1.54) is 44.2 Å². The van der Waals surface area contributed by atoms with Crippen LogP contribution in [0.2, 0.25) is 0 Å². The molecule has 0 fully saturated rings. The van der Waals surface area contributed by atoms with Crippen molar-refractivity contribution < 1.29 is 0 Å². The van der Waals surface area contributed by atoms with Crippen molar-refractivity contribution in [1.82, 2.24) is 19.5 Å². The third kappa shape index (κ3) is 4.95. The molecular formula is C40H33N5. The van der Waals surface area contributed by atoms with Gasteiger partial charge in [-0.25, -0.2) is 19.8 Å². The fraction of sp³-hybridized carbons (Fsp3) is 0.150. The minimum Gasteiger partial charge on any atom is -0.310 e. The predicted molar refractivity (Wildman–Crippen MR) is 185 cm³/mol. The average Bonchev–Trinajstić information content (AvgIpc) is 3.33. The quantitative estimate of drug-likeness (QED) is 0.194. The van der Waals surface area contributed by atoms with Gasteiger partial charge in [-0.2, -0.15) is 0 Å². The number of benzene rings is 5. The monoisotopic (exact) mass is 583 g/mol. The van der Waals surface area contributed by atoms with Crippen LogP contribution >= 0.6 is 0 Å². The smallest absolute Gasteiger partial charge is 0.200 e. The van der Waals surface area contributed by atoms with Gasteiger partial charge < -0.3 is 4.57 Å². The first-order valence-corrected chi connectivity index (χ1v) is 15.1.